The molecule has 0 aliphatic heterocycles. The fraction of sp³-hybridized carbons (Fsp3) is 0.333. The Morgan fingerprint density at radius 2 is 1.86 bits per heavy atom. The number of aryl methyl sites for hydroxylation is 1. The number of carbonyl (C=O) groups is 1. The van der Waals surface area contributed by atoms with Crippen LogP contribution < -0.4 is 20.7 Å². The summed E-state index contributed by atoms with van der Waals surface area (Å²) < 4.78 is 5.16. The van der Waals surface area contributed by atoms with Gasteiger partial charge in [-0.3, -0.25) is 4.79 Å². The molecule has 0 aliphatic carbocycles. The van der Waals surface area contributed by atoms with Crippen molar-refractivity contribution in [3.8, 4) is 5.75 Å². The van der Waals surface area contributed by atoms with Gasteiger partial charge in [-0.1, -0.05) is 29.8 Å². The van der Waals surface area contributed by atoms with Crippen LogP contribution >= 0.6 is 35.6 Å². The number of hydrogen-bond acceptors (Lipinski definition) is 3. The molecule has 0 bridgehead atoms. The third-order valence-electron chi connectivity index (χ3n) is 3.97. The van der Waals surface area contributed by atoms with Crippen LogP contribution in [0.5, 0.6) is 5.75 Å². The van der Waals surface area contributed by atoms with Crippen LogP contribution in [0.3, 0.4) is 0 Å². The summed E-state index contributed by atoms with van der Waals surface area (Å²) in [6, 6.07) is 13.3. The van der Waals surface area contributed by atoms with E-state index in [9.17, 15) is 4.79 Å². The summed E-state index contributed by atoms with van der Waals surface area (Å²) in [4.78, 5) is 16.7. The Labute approximate surface area is 194 Å². The van der Waals surface area contributed by atoms with E-state index in [1.165, 1.54) is 0 Å². The molecule has 2 aromatic carbocycles. The molecule has 29 heavy (non-hydrogen) atoms. The summed E-state index contributed by atoms with van der Waals surface area (Å²) >= 11 is 6.15. The van der Waals surface area contributed by atoms with Gasteiger partial charge in [0.05, 0.1) is 24.4 Å². The molecule has 2 rings (SSSR count). The maximum Gasteiger partial charge on any atom is 0.226 e. The van der Waals surface area contributed by atoms with E-state index < -0.39 is 0 Å². The number of nitrogens with zero attached hydrogens (tertiary/aromatic N) is 1. The normalized spacial score (nSPS) is 10.7. The number of nitrogens with one attached hydrogen (secondary N) is 3. The molecule has 0 heterocycles. The average molecular weight is 531 g/mol. The van der Waals surface area contributed by atoms with Gasteiger partial charge in [-0.15, -0.1) is 24.0 Å². The first-order valence-electron chi connectivity index (χ1n) is 9.23. The number of ether oxygens (including phenoxy) is 1. The van der Waals surface area contributed by atoms with Crippen LogP contribution in [0.15, 0.2) is 47.5 Å². The third kappa shape index (κ3) is 8.91. The molecule has 0 aliphatic rings. The summed E-state index contributed by atoms with van der Waals surface area (Å²) in [5, 5.41) is 9.72. The van der Waals surface area contributed by atoms with Gasteiger partial charge in [0, 0.05) is 19.5 Å². The Hall–Kier alpha value is -2.00. The Morgan fingerprint density at radius 3 is 2.48 bits per heavy atom. The van der Waals surface area contributed by atoms with Crippen LogP contribution in [0.1, 0.15) is 24.5 Å². The minimum atomic E-state index is -0.107. The molecule has 0 aromatic heterocycles. The van der Waals surface area contributed by atoms with Crippen molar-refractivity contribution in [2.24, 2.45) is 4.99 Å². The van der Waals surface area contributed by atoms with Crippen molar-refractivity contribution in [2.45, 2.75) is 26.8 Å². The summed E-state index contributed by atoms with van der Waals surface area (Å²) in [7, 11) is 1.64. The maximum atomic E-state index is 12.1. The highest BCUT2D eigenvalue weighted by Gasteiger charge is 2.06. The van der Waals surface area contributed by atoms with E-state index in [2.05, 4.69) is 20.9 Å². The number of hydrogen-bond donors (Lipinski definition) is 3. The second-order valence-electron chi connectivity index (χ2n) is 6.25. The van der Waals surface area contributed by atoms with Crippen LogP contribution in [-0.4, -0.2) is 32.1 Å². The van der Waals surface area contributed by atoms with Crippen LogP contribution in [0, 0.1) is 6.92 Å². The number of benzene rings is 2. The fourth-order valence-corrected chi connectivity index (χ4v) is 2.75. The minimum Gasteiger partial charge on any atom is -0.497 e. The molecule has 0 saturated carbocycles. The summed E-state index contributed by atoms with van der Waals surface area (Å²) in [5.74, 6) is 1.38. The van der Waals surface area contributed by atoms with Gasteiger partial charge in [-0.25, -0.2) is 4.99 Å². The second-order valence-corrected chi connectivity index (χ2v) is 6.66. The molecular weight excluding hydrogens is 503 g/mol. The molecule has 8 heteroatoms. The number of aliphatic imine (C=N–C) groups is 1. The summed E-state index contributed by atoms with van der Waals surface area (Å²) in [5.41, 5.74) is 2.75. The number of anilines is 1. The molecule has 6 nitrogen and oxygen atoms in total. The summed E-state index contributed by atoms with van der Waals surface area (Å²) in [6.07, 6.45) is 0.303. The lowest BCUT2D eigenvalue weighted by Gasteiger charge is -2.12. The lowest BCUT2D eigenvalue weighted by Crippen LogP contribution is -2.38. The van der Waals surface area contributed by atoms with Gasteiger partial charge < -0.3 is 20.7 Å². The Morgan fingerprint density at radius 1 is 1.14 bits per heavy atom. The van der Waals surface area contributed by atoms with E-state index in [1.54, 1.807) is 7.11 Å². The van der Waals surface area contributed by atoms with Crippen LogP contribution in [0.4, 0.5) is 5.69 Å². The van der Waals surface area contributed by atoms with Crippen molar-refractivity contribution in [3.63, 3.8) is 0 Å². The highest BCUT2D eigenvalue weighted by Crippen LogP contribution is 2.22. The largest absolute Gasteiger partial charge is 0.497 e. The zero-order chi connectivity index (χ0) is 20.4. The molecule has 0 saturated heterocycles. The van der Waals surface area contributed by atoms with Gasteiger partial charge in [-0.05, 0) is 49.2 Å². The van der Waals surface area contributed by atoms with Crippen LogP contribution in [-0.2, 0) is 11.3 Å². The molecule has 2 aromatic rings. The molecule has 0 unspecified atom stereocenters. The molecular formula is C21H28ClIN4O2. The van der Waals surface area contributed by atoms with Crippen molar-refractivity contribution < 1.29 is 9.53 Å². The molecule has 1 amide bonds. The Kier molecular flexibility index (Phi) is 11.5. The molecule has 3 N–H and O–H groups in total. The van der Waals surface area contributed by atoms with Gasteiger partial charge in [0.25, 0.3) is 0 Å². The maximum absolute atomic E-state index is 12.1. The molecule has 0 fully saturated rings. The molecule has 0 spiro atoms. The van der Waals surface area contributed by atoms with E-state index in [0.29, 0.717) is 36.2 Å². The Balaban J connectivity index is 0.00000420. The lowest BCUT2D eigenvalue weighted by molar-refractivity contribution is -0.116. The second kappa shape index (κ2) is 13.3. The number of carbonyl (C=O) groups excluding carboxylic acids is 1. The van der Waals surface area contributed by atoms with Gasteiger partial charge in [0.15, 0.2) is 5.96 Å². The highest BCUT2D eigenvalue weighted by molar-refractivity contribution is 14.0. The quantitative estimate of drug-likeness (QED) is 0.269. The smallest absolute Gasteiger partial charge is 0.226 e. The highest BCUT2D eigenvalue weighted by atomic mass is 127. The van der Waals surface area contributed by atoms with E-state index in [1.807, 2.05) is 56.3 Å². The van der Waals surface area contributed by atoms with E-state index in [0.717, 1.165) is 23.4 Å². The number of guanidine groups is 1. The van der Waals surface area contributed by atoms with E-state index in [4.69, 9.17) is 16.3 Å². The average Bonchev–Trinajstić information content (AvgIpc) is 2.68. The van der Waals surface area contributed by atoms with Crippen molar-refractivity contribution in [1.29, 1.82) is 0 Å². The van der Waals surface area contributed by atoms with Crippen molar-refractivity contribution in [3.05, 3.63) is 58.6 Å². The first-order valence-corrected chi connectivity index (χ1v) is 9.60. The van der Waals surface area contributed by atoms with Crippen LogP contribution in [0.2, 0.25) is 5.02 Å². The zero-order valence-corrected chi connectivity index (χ0v) is 20.0. The SMILES string of the molecule is CCNC(=NCc1ccc(OC)cc1)NCCC(=O)Nc1ccc(C)cc1Cl.I. The van der Waals surface area contributed by atoms with Crippen LogP contribution in [0.25, 0.3) is 0 Å². The third-order valence-corrected chi connectivity index (χ3v) is 4.28. The van der Waals surface area contributed by atoms with Crippen molar-refractivity contribution in [1.82, 2.24) is 10.6 Å². The Bertz CT molecular complexity index is 813. The number of halogens is 2. The molecule has 0 radical (unpaired) electrons. The zero-order valence-electron chi connectivity index (χ0n) is 16.9. The van der Waals surface area contributed by atoms with Crippen molar-refractivity contribution >= 4 is 53.1 Å². The number of rotatable bonds is 8. The first kappa shape index (κ1) is 25.0. The standard InChI is InChI=1S/C21H27ClN4O2.HI/c1-4-23-21(25-14-16-6-8-17(28-3)9-7-16)24-12-11-20(27)26-19-10-5-15(2)13-18(19)22;/h5-10,13H,4,11-12,14H2,1-3H3,(H,26,27)(H2,23,24,25);1H. The minimum absolute atomic E-state index is 0. The van der Waals surface area contributed by atoms with Gasteiger partial charge in [0.1, 0.15) is 5.75 Å². The number of amides is 1. The molecule has 158 valence electrons. The number of methoxy groups -OCH3 is 1. The van der Waals surface area contributed by atoms with E-state index in [-0.39, 0.29) is 29.9 Å². The topological polar surface area (TPSA) is 74.8 Å². The summed E-state index contributed by atoms with van der Waals surface area (Å²) in [6.45, 7) is 5.68. The predicted octanol–water partition coefficient (Wildman–Crippen LogP) is 4.36. The van der Waals surface area contributed by atoms with Gasteiger partial charge >= 0.3 is 0 Å². The monoisotopic (exact) mass is 530 g/mol. The first-order chi connectivity index (χ1) is 13.5. The van der Waals surface area contributed by atoms with Gasteiger partial charge in [0.2, 0.25) is 5.91 Å². The molecule has 0 atom stereocenters. The van der Waals surface area contributed by atoms with Gasteiger partial charge in [-0.2, -0.15) is 0 Å². The lowest BCUT2D eigenvalue weighted by atomic mass is 10.2. The van der Waals surface area contributed by atoms with E-state index >= 15 is 0 Å². The fourth-order valence-electron chi connectivity index (χ4n) is 2.47. The predicted molar refractivity (Wildman–Crippen MR) is 131 cm³/mol. The van der Waals surface area contributed by atoms with Crippen molar-refractivity contribution in [2.75, 3.05) is 25.5 Å².